The molecule has 16 heavy (non-hydrogen) atoms. The van der Waals surface area contributed by atoms with Crippen molar-refractivity contribution in [3.63, 3.8) is 0 Å². The van der Waals surface area contributed by atoms with Crippen molar-refractivity contribution in [3.8, 4) is 5.75 Å². The molecule has 5 heteroatoms. The smallest absolute Gasteiger partial charge is 0.246 e. The maximum atomic E-state index is 12.0. The number of amides is 1. The van der Waals surface area contributed by atoms with Gasteiger partial charge in [-0.15, -0.1) is 0 Å². The summed E-state index contributed by atoms with van der Waals surface area (Å²) in [6.07, 6.45) is 0.669. The third kappa shape index (κ3) is 1.28. The predicted molar refractivity (Wildman–Crippen MR) is 62.1 cm³/mol. The van der Waals surface area contributed by atoms with Crippen LogP contribution < -0.4 is 15.4 Å². The van der Waals surface area contributed by atoms with Gasteiger partial charge in [-0.1, -0.05) is 15.9 Å². The number of halogens is 1. The van der Waals surface area contributed by atoms with E-state index in [-0.39, 0.29) is 5.91 Å². The summed E-state index contributed by atoms with van der Waals surface area (Å²) in [7, 11) is 0. The lowest BCUT2D eigenvalue weighted by molar-refractivity contribution is -0.125. The van der Waals surface area contributed by atoms with Gasteiger partial charge in [0.2, 0.25) is 5.91 Å². The van der Waals surface area contributed by atoms with Crippen molar-refractivity contribution in [2.45, 2.75) is 12.0 Å². The summed E-state index contributed by atoms with van der Waals surface area (Å²) in [5.74, 6) is 0.828. The Morgan fingerprint density at radius 2 is 2.31 bits per heavy atom. The van der Waals surface area contributed by atoms with Crippen LogP contribution in [0.2, 0.25) is 0 Å². The molecule has 1 aromatic rings. The molecule has 0 aliphatic carbocycles. The Bertz CT molecular complexity index is 463. The van der Waals surface area contributed by atoms with E-state index in [1.165, 1.54) is 0 Å². The van der Waals surface area contributed by atoms with Crippen LogP contribution in [-0.2, 0) is 10.3 Å². The molecular weight excluding hydrogens is 272 g/mol. The van der Waals surface area contributed by atoms with E-state index in [4.69, 9.17) is 4.74 Å². The highest BCUT2D eigenvalue weighted by Crippen LogP contribution is 2.39. The van der Waals surface area contributed by atoms with Gasteiger partial charge in [-0.25, -0.2) is 0 Å². The SMILES string of the molecule is O=C1NCNC12CCOc1ccc(Br)cc12. The molecule has 1 aromatic carbocycles. The Labute approximate surface area is 101 Å². The molecule has 2 aliphatic rings. The Morgan fingerprint density at radius 3 is 3.06 bits per heavy atom. The predicted octanol–water partition coefficient (Wildman–Crippen LogP) is 1.10. The van der Waals surface area contributed by atoms with Gasteiger partial charge < -0.3 is 10.1 Å². The summed E-state index contributed by atoms with van der Waals surface area (Å²) in [5, 5.41) is 6.06. The molecule has 1 spiro atoms. The number of rotatable bonds is 0. The zero-order chi connectivity index (χ0) is 11.2. The van der Waals surface area contributed by atoms with Gasteiger partial charge in [-0.05, 0) is 18.2 Å². The lowest BCUT2D eigenvalue weighted by Gasteiger charge is -2.33. The standard InChI is InChI=1S/C11H11BrN2O2/c12-7-1-2-9-8(5-7)11(3-4-16-9)10(15)13-6-14-11/h1-2,5,14H,3-4,6H2,(H,13,15). The van der Waals surface area contributed by atoms with Crippen LogP contribution in [-0.4, -0.2) is 19.2 Å². The first-order valence-corrected chi connectivity index (χ1v) is 5.98. The fraction of sp³-hybridized carbons (Fsp3) is 0.364. The Balaban J connectivity index is 2.18. The molecule has 1 fully saturated rings. The van der Waals surface area contributed by atoms with Gasteiger partial charge in [0.25, 0.3) is 0 Å². The van der Waals surface area contributed by atoms with E-state index in [1.54, 1.807) is 0 Å². The normalized spacial score (nSPS) is 27.4. The fourth-order valence-electron chi connectivity index (χ4n) is 2.34. The van der Waals surface area contributed by atoms with Crippen molar-refractivity contribution >= 4 is 21.8 Å². The second-order valence-corrected chi connectivity index (χ2v) is 4.92. The van der Waals surface area contributed by atoms with Crippen molar-refractivity contribution < 1.29 is 9.53 Å². The van der Waals surface area contributed by atoms with Crippen molar-refractivity contribution in [2.75, 3.05) is 13.3 Å². The summed E-state index contributed by atoms with van der Waals surface area (Å²) < 4.78 is 6.53. The molecule has 3 rings (SSSR count). The van der Waals surface area contributed by atoms with Gasteiger partial charge in [0.15, 0.2) is 0 Å². The summed E-state index contributed by atoms with van der Waals surface area (Å²) in [4.78, 5) is 12.0. The Morgan fingerprint density at radius 1 is 1.44 bits per heavy atom. The van der Waals surface area contributed by atoms with Crippen LogP contribution in [0.15, 0.2) is 22.7 Å². The van der Waals surface area contributed by atoms with Crippen molar-refractivity contribution in [3.05, 3.63) is 28.2 Å². The van der Waals surface area contributed by atoms with E-state index in [0.717, 1.165) is 15.8 Å². The van der Waals surface area contributed by atoms with Crippen LogP contribution in [0.4, 0.5) is 0 Å². The van der Waals surface area contributed by atoms with E-state index in [0.29, 0.717) is 19.7 Å². The highest BCUT2D eigenvalue weighted by Gasteiger charge is 2.47. The van der Waals surface area contributed by atoms with Crippen LogP contribution >= 0.6 is 15.9 Å². The molecule has 1 atom stereocenters. The molecule has 0 aromatic heterocycles. The van der Waals surface area contributed by atoms with Crippen molar-refractivity contribution in [2.24, 2.45) is 0 Å². The first-order valence-electron chi connectivity index (χ1n) is 5.18. The van der Waals surface area contributed by atoms with Crippen LogP contribution in [0.25, 0.3) is 0 Å². The lowest BCUT2D eigenvalue weighted by atomic mass is 9.85. The number of carbonyl (C=O) groups excluding carboxylic acids is 1. The summed E-state index contributed by atoms with van der Waals surface area (Å²) in [6.45, 7) is 1.08. The number of hydrogen-bond acceptors (Lipinski definition) is 3. The molecule has 0 saturated carbocycles. The molecule has 1 unspecified atom stereocenters. The molecule has 0 bridgehead atoms. The average Bonchev–Trinajstić information content (AvgIpc) is 2.63. The molecule has 4 nitrogen and oxygen atoms in total. The second kappa shape index (κ2) is 3.46. The van der Waals surface area contributed by atoms with E-state index >= 15 is 0 Å². The monoisotopic (exact) mass is 282 g/mol. The molecule has 84 valence electrons. The van der Waals surface area contributed by atoms with Crippen molar-refractivity contribution in [1.82, 2.24) is 10.6 Å². The van der Waals surface area contributed by atoms with E-state index in [2.05, 4.69) is 26.6 Å². The van der Waals surface area contributed by atoms with Crippen LogP contribution in [0.3, 0.4) is 0 Å². The zero-order valence-corrected chi connectivity index (χ0v) is 10.1. The third-order valence-corrected chi connectivity index (χ3v) is 3.66. The van der Waals surface area contributed by atoms with E-state index in [1.807, 2.05) is 18.2 Å². The Hall–Kier alpha value is -1.07. The molecule has 0 radical (unpaired) electrons. The fourth-order valence-corrected chi connectivity index (χ4v) is 2.70. The molecule has 1 amide bonds. The summed E-state index contributed by atoms with van der Waals surface area (Å²) in [5.41, 5.74) is 0.320. The second-order valence-electron chi connectivity index (χ2n) is 4.00. The molecule has 2 aliphatic heterocycles. The van der Waals surface area contributed by atoms with Gasteiger partial charge in [-0.3, -0.25) is 10.1 Å². The van der Waals surface area contributed by atoms with Gasteiger partial charge in [-0.2, -0.15) is 0 Å². The number of ether oxygens (including phenoxy) is 1. The minimum absolute atomic E-state index is 0.0372. The molecular formula is C11H11BrN2O2. The summed E-state index contributed by atoms with van der Waals surface area (Å²) in [6, 6.07) is 5.77. The lowest BCUT2D eigenvalue weighted by Crippen LogP contribution is -2.47. The number of benzene rings is 1. The van der Waals surface area contributed by atoms with Gasteiger partial charge in [0.05, 0.1) is 13.3 Å². The first-order chi connectivity index (χ1) is 7.72. The van der Waals surface area contributed by atoms with Crippen LogP contribution in [0.5, 0.6) is 5.75 Å². The largest absolute Gasteiger partial charge is 0.493 e. The van der Waals surface area contributed by atoms with Crippen LogP contribution in [0, 0.1) is 0 Å². The number of nitrogens with one attached hydrogen (secondary N) is 2. The average molecular weight is 283 g/mol. The zero-order valence-electron chi connectivity index (χ0n) is 8.55. The topological polar surface area (TPSA) is 50.4 Å². The van der Waals surface area contributed by atoms with Crippen LogP contribution in [0.1, 0.15) is 12.0 Å². The maximum Gasteiger partial charge on any atom is 0.246 e. The quantitative estimate of drug-likeness (QED) is 0.749. The molecule has 2 N–H and O–H groups in total. The maximum absolute atomic E-state index is 12.0. The minimum Gasteiger partial charge on any atom is -0.493 e. The first kappa shape index (κ1) is 10.1. The van der Waals surface area contributed by atoms with E-state index < -0.39 is 5.54 Å². The van der Waals surface area contributed by atoms with Gasteiger partial charge >= 0.3 is 0 Å². The van der Waals surface area contributed by atoms with Gasteiger partial charge in [0.1, 0.15) is 11.3 Å². The number of carbonyl (C=O) groups is 1. The van der Waals surface area contributed by atoms with Crippen molar-refractivity contribution in [1.29, 1.82) is 0 Å². The highest BCUT2D eigenvalue weighted by atomic mass is 79.9. The highest BCUT2D eigenvalue weighted by molar-refractivity contribution is 9.10. The number of hydrogen-bond donors (Lipinski definition) is 2. The van der Waals surface area contributed by atoms with Gasteiger partial charge in [0, 0.05) is 16.5 Å². The Kier molecular flexibility index (Phi) is 2.19. The number of fused-ring (bicyclic) bond motifs is 2. The third-order valence-electron chi connectivity index (χ3n) is 3.16. The minimum atomic E-state index is -0.600. The molecule has 2 heterocycles. The van der Waals surface area contributed by atoms with E-state index in [9.17, 15) is 4.79 Å². The molecule has 1 saturated heterocycles. The summed E-state index contributed by atoms with van der Waals surface area (Å²) >= 11 is 3.43.